The molecule has 0 fully saturated rings. The fraction of sp³-hybridized carbons (Fsp3) is 0.385. The molecule has 0 spiro atoms. The summed E-state index contributed by atoms with van der Waals surface area (Å²) in [6, 6.07) is 12.3. The third-order valence-electron chi connectivity index (χ3n) is 6.34. The molecule has 4 rings (SSSR count). The molecule has 1 aliphatic heterocycles. The van der Waals surface area contributed by atoms with Gasteiger partial charge in [-0.2, -0.15) is 0 Å². The van der Waals surface area contributed by atoms with Crippen LogP contribution in [0.25, 0.3) is 0 Å². The number of methoxy groups -OCH3 is 1. The Morgan fingerprint density at radius 1 is 1.03 bits per heavy atom. The molecule has 1 N–H and O–H groups in total. The molecule has 2 unspecified atom stereocenters. The number of halogens is 1. The standard InChI is InChI=1S/C26H28BrNO4/c1-4-15-6-8-16(9-7-15)17-11-21-25(22(29)12-17)19(14-24(30)28-21)18-10-20(27)26(32-5-2)23(13-18)31-3/h6-10,13,17,19H,4-5,11-12,14H2,1-3H3,(H,28,30). The first-order valence-electron chi connectivity index (χ1n) is 11.1. The van der Waals surface area contributed by atoms with Crippen molar-refractivity contribution in [1.82, 2.24) is 5.32 Å². The maximum atomic E-state index is 13.4. The van der Waals surface area contributed by atoms with Gasteiger partial charge in [0.1, 0.15) is 0 Å². The average Bonchev–Trinajstić information content (AvgIpc) is 2.79. The number of amides is 1. The fourth-order valence-corrected chi connectivity index (χ4v) is 5.31. The zero-order chi connectivity index (χ0) is 22.8. The number of ketones is 1. The van der Waals surface area contributed by atoms with Crippen LogP contribution in [-0.2, 0) is 16.0 Å². The van der Waals surface area contributed by atoms with E-state index in [-0.39, 0.29) is 29.9 Å². The van der Waals surface area contributed by atoms with E-state index in [0.717, 1.165) is 33.3 Å². The van der Waals surface area contributed by atoms with E-state index in [1.807, 2.05) is 19.1 Å². The predicted molar refractivity (Wildman–Crippen MR) is 127 cm³/mol. The van der Waals surface area contributed by atoms with Gasteiger partial charge in [0.05, 0.1) is 18.2 Å². The molecule has 2 atom stereocenters. The summed E-state index contributed by atoms with van der Waals surface area (Å²) >= 11 is 3.57. The summed E-state index contributed by atoms with van der Waals surface area (Å²) in [4.78, 5) is 26.0. The van der Waals surface area contributed by atoms with Gasteiger partial charge >= 0.3 is 0 Å². The van der Waals surface area contributed by atoms with Crippen molar-refractivity contribution in [2.75, 3.05) is 13.7 Å². The number of aryl methyl sites for hydroxylation is 1. The van der Waals surface area contributed by atoms with Crippen LogP contribution in [0.1, 0.15) is 61.6 Å². The highest BCUT2D eigenvalue weighted by atomic mass is 79.9. The average molecular weight is 498 g/mol. The zero-order valence-electron chi connectivity index (χ0n) is 18.7. The minimum absolute atomic E-state index is 0.0625. The molecule has 1 amide bonds. The maximum absolute atomic E-state index is 13.4. The van der Waals surface area contributed by atoms with Gasteiger partial charge in [-0.3, -0.25) is 9.59 Å². The van der Waals surface area contributed by atoms with Gasteiger partial charge < -0.3 is 14.8 Å². The third-order valence-corrected chi connectivity index (χ3v) is 6.93. The first kappa shape index (κ1) is 22.6. The van der Waals surface area contributed by atoms with E-state index in [1.54, 1.807) is 7.11 Å². The van der Waals surface area contributed by atoms with E-state index in [0.29, 0.717) is 30.9 Å². The third kappa shape index (κ3) is 4.33. The summed E-state index contributed by atoms with van der Waals surface area (Å²) in [6.45, 7) is 4.55. The number of rotatable bonds is 6. The lowest BCUT2D eigenvalue weighted by Gasteiger charge is -2.34. The molecule has 32 heavy (non-hydrogen) atoms. The highest BCUT2D eigenvalue weighted by molar-refractivity contribution is 9.10. The van der Waals surface area contributed by atoms with Crippen molar-refractivity contribution in [2.24, 2.45) is 0 Å². The van der Waals surface area contributed by atoms with Crippen molar-refractivity contribution in [1.29, 1.82) is 0 Å². The number of hydrogen-bond donors (Lipinski definition) is 1. The topological polar surface area (TPSA) is 64.6 Å². The lowest BCUT2D eigenvalue weighted by atomic mass is 9.73. The first-order chi connectivity index (χ1) is 15.4. The van der Waals surface area contributed by atoms with E-state index < -0.39 is 0 Å². The van der Waals surface area contributed by atoms with Gasteiger partial charge in [-0.15, -0.1) is 0 Å². The summed E-state index contributed by atoms with van der Waals surface area (Å²) in [6.07, 6.45) is 2.33. The number of ether oxygens (including phenoxy) is 2. The first-order valence-corrected chi connectivity index (χ1v) is 11.9. The Morgan fingerprint density at radius 2 is 1.78 bits per heavy atom. The Kier molecular flexibility index (Phi) is 6.70. The summed E-state index contributed by atoms with van der Waals surface area (Å²) in [5, 5.41) is 3.00. The Balaban J connectivity index is 1.70. The SMILES string of the molecule is CCOc1c(Br)cc(C2CC(=O)NC3=C2C(=O)CC(c2ccc(CC)cc2)C3)cc1OC. The van der Waals surface area contributed by atoms with Crippen LogP contribution in [0.4, 0.5) is 0 Å². The number of Topliss-reactive ketones (excluding diaryl/α,β-unsaturated/α-hetero) is 1. The van der Waals surface area contributed by atoms with Gasteiger partial charge in [0.25, 0.3) is 0 Å². The van der Waals surface area contributed by atoms with Gasteiger partial charge in [-0.25, -0.2) is 0 Å². The van der Waals surface area contributed by atoms with Gasteiger partial charge in [0, 0.05) is 30.0 Å². The molecule has 1 heterocycles. The molecule has 2 aliphatic rings. The van der Waals surface area contributed by atoms with Gasteiger partial charge in [0.15, 0.2) is 17.3 Å². The molecule has 0 bridgehead atoms. The summed E-state index contributed by atoms with van der Waals surface area (Å²) < 4.78 is 12.0. The van der Waals surface area contributed by atoms with Crippen LogP contribution in [0.3, 0.4) is 0 Å². The molecule has 1 aliphatic carbocycles. The van der Waals surface area contributed by atoms with Crippen molar-refractivity contribution in [3.63, 3.8) is 0 Å². The number of carbonyl (C=O) groups is 2. The Labute approximate surface area is 197 Å². The van der Waals surface area contributed by atoms with Crippen molar-refractivity contribution in [3.05, 3.63) is 68.8 Å². The second-order valence-corrected chi connectivity index (χ2v) is 9.14. The predicted octanol–water partition coefficient (Wildman–Crippen LogP) is 5.42. The van der Waals surface area contributed by atoms with E-state index in [1.165, 1.54) is 5.56 Å². The van der Waals surface area contributed by atoms with Gasteiger partial charge in [0.2, 0.25) is 5.91 Å². The van der Waals surface area contributed by atoms with E-state index in [4.69, 9.17) is 9.47 Å². The van der Waals surface area contributed by atoms with Gasteiger partial charge in [-0.1, -0.05) is 31.2 Å². The second kappa shape index (κ2) is 9.49. The largest absolute Gasteiger partial charge is 0.493 e. The Morgan fingerprint density at radius 3 is 2.44 bits per heavy atom. The van der Waals surface area contributed by atoms with Crippen molar-refractivity contribution >= 4 is 27.6 Å². The van der Waals surface area contributed by atoms with Crippen LogP contribution in [0, 0.1) is 0 Å². The normalized spacial score (nSPS) is 20.6. The summed E-state index contributed by atoms with van der Waals surface area (Å²) in [7, 11) is 1.59. The minimum Gasteiger partial charge on any atom is -0.493 e. The van der Waals surface area contributed by atoms with Crippen molar-refractivity contribution in [2.45, 2.75) is 51.4 Å². The van der Waals surface area contributed by atoms with Crippen LogP contribution in [0.2, 0.25) is 0 Å². The molecule has 2 aromatic carbocycles. The molecule has 0 aromatic heterocycles. The molecule has 0 saturated heterocycles. The smallest absolute Gasteiger partial charge is 0.225 e. The Bertz CT molecular complexity index is 1070. The molecular formula is C26H28BrNO4. The molecule has 0 radical (unpaired) electrons. The van der Waals surface area contributed by atoms with Crippen LogP contribution in [0.5, 0.6) is 11.5 Å². The second-order valence-electron chi connectivity index (χ2n) is 8.29. The van der Waals surface area contributed by atoms with E-state index in [9.17, 15) is 9.59 Å². The van der Waals surface area contributed by atoms with Crippen LogP contribution >= 0.6 is 15.9 Å². The van der Waals surface area contributed by atoms with Crippen LogP contribution in [0.15, 0.2) is 52.1 Å². The number of allylic oxidation sites excluding steroid dienone is 2. The van der Waals surface area contributed by atoms with E-state index >= 15 is 0 Å². The van der Waals surface area contributed by atoms with Crippen LogP contribution < -0.4 is 14.8 Å². The molecule has 168 valence electrons. The van der Waals surface area contributed by atoms with Crippen molar-refractivity contribution in [3.8, 4) is 11.5 Å². The molecule has 6 heteroatoms. The molecular weight excluding hydrogens is 470 g/mol. The Hall–Kier alpha value is -2.60. The highest BCUT2D eigenvalue weighted by Gasteiger charge is 2.38. The number of carbonyl (C=O) groups excluding carboxylic acids is 2. The number of benzene rings is 2. The van der Waals surface area contributed by atoms with Gasteiger partial charge in [-0.05, 0) is 70.4 Å². The molecule has 2 aromatic rings. The summed E-state index contributed by atoms with van der Waals surface area (Å²) in [5.41, 5.74) is 4.78. The lowest BCUT2D eigenvalue weighted by molar-refractivity contribution is -0.122. The quantitative estimate of drug-likeness (QED) is 0.578. The minimum atomic E-state index is -0.296. The zero-order valence-corrected chi connectivity index (χ0v) is 20.3. The molecule has 5 nitrogen and oxygen atoms in total. The summed E-state index contributed by atoms with van der Waals surface area (Å²) in [5.74, 6) is 1.03. The maximum Gasteiger partial charge on any atom is 0.225 e. The monoisotopic (exact) mass is 497 g/mol. The number of nitrogens with one attached hydrogen (secondary N) is 1. The highest BCUT2D eigenvalue weighted by Crippen LogP contribution is 2.46. The molecule has 0 saturated carbocycles. The lowest BCUT2D eigenvalue weighted by Crippen LogP contribution is -2.38. The van der Waals surface area contributed by atoms with Crippen LogP contribution in [-0.4, -0.2) is 25.4 Å². The van der Waals surface area contributed by atoms with Crippen molar-refractivity contribution < 1.29 is 19.1 Å². The number of hydrogen-bond acceptors (Lipinski definition) is 4. The van der Waals surface area contributed by atoms with E-state index in [2.05, 4.69) is 52.4 Å². The fourth-order valence-electron chi connectivity index (χ4n) is 4.73.